The number of Topliss-reactive ketones (excluding diaryl/α,β-unsaturated/α-hetero) is 1. The third-order valence-electron chi connectivity index (χ3n) is 4.34. The number of carbonyl (C=O) groups excluding carboxylic acids is 3. The Morgan fingerprint density at radius 2 is 1.95 bits per heavy atom. The van der Waals surface area contributed by atoms with E-state index in [2.05, 4.69) is 8.86 Å². The van der Waals surface area contributed by atoms with E-state index in [1.807, 2.05) is 0 Å². The molecule has 0 spiro atoms. The molecule has 19 heavy (non-hydrogen) atoms. The van der Waals surface area contributed by atoms with Crippen LogP contribution in [0.4, 0.5) is 0 Å². The van der Waals surface area contributed by atoms with Crippen molar-refractivity contribution in [3.05, 3.63) is 0 Å². The molecule has 0 bridgehead atoms. The summed E-state index contributed by atoms with van der Waals surface area (Å²) in [4.78, 5) is 36.5. The molecule has 1 saturated carbocycles. The molecule has 1 heterocycles. The van der Waals surface area contributed by atoms with Crippen molar-refractivity contribution in [3.8, 4) is 0 Å². The molecular weight excluding hydrogens is 261 g/mol. The van der Waals surface area contributed by atoms with Crippen LogP contribution < -0.4 is 0 Å². The van der Waals surface area contributed by atoms with Crippen molar-refractivity contribution in [1.82, 2.24) is 4.90 Å². The highest BCUT2D eigenvalue weighted by Crippen LogP contribution is 2.31. The van der Waals surface area contributed by atoms with Gasteiger partial charge in [-0.15, -0.1) is 8.86 Å². The Morgan fingerprint density at radius 3 is 2.42 bits per heavy atom. The van der Waals surface area contributed by atoms with Crippen molar-refractivity contribution in [3.63, 3.8) is 0 Å². The molecule has 1 aliphatic heterocycles. The fourth-order valence-corrected chi connectivity index (χ4v) is 3.30. The maximum absolute atomic E-state index is 12.0. The van der Waals surface area contributed by atoms with Crippen LogP contribution in [0.15, 0.2) is 0 Å². The Hall–Kier alpha value is -1.02. The molecule has 2 rings (SSSR count). The molecule has 0 aromatic carbocycles. The smallest absolute Gasteiger partial charge is 0.236 e. The van der Waals surface area contributed by atoms with Crippen molar-refractivity contribution >= 4 is 32.3 Å². The van der Waals surface area contributed by atoms with E-state index in [1.54, 1.807) is 12.7 Å². The summed E-state index contributed by atoms with van der Waals surface area (Å²) in [6.07, 6.45) is 3.94. The highest BCUT2D eigenvalue weighted by Gasteiger charge is 2.38. The monoisotopic (exact) mass is 281 g/mol. The first kappa shape index (κ1) is 14.4. The number of imide groups is 1. The fourth-order valence-electron chi connectivity index (χ4n) is 3.04. The van der Waals surface area contributed by atoms with E-state index in [4.69, 9.17) is 0 Å². The molecule has 0 aromatic heterocycles. The maximum Gasteiger partial charge on any atom is 0.236 e. The molecule has 0 radical (unpaired) electrons. The predicted molar refractivity (Wildman–Crippen MR) is 75.3 cm³/mol. The SMILES string of the molecule is CC(=O)C1CCC(CN2C(=O)C[C@@H](C=P)C2=O)CC1. The third kappa shape index (κ3) is 3.11. The van der Waals surface area contributed by atoms with Gasteiger partial charge in [-0.05, 0) is 38.5 Å². The number of nitrogens with zero attached hydrogens (tertiary/aromatic N) is 1. The van der Waals surface area contributed by atoms with E-state index < -0.39 is 0 Å². The Kier molecular flexibility index (Phi) is 4.51. The van der Waals surface area contributed by atoms with Crippen LogP contribution in [0.2, 0.25) is 0 Å². The largest absolute Gasteiger partial charge is 0.300 e. The standard InChI is InChI=1S/C14H20NO3P/c1-9(16)11-4-2-10(3-5-11)7-15-13(17)6-12(8-19)14(15)18/h8,10-12,19H,2-7H2,1H3/t10?,11?,12-/m0/s1. The number of ketones is 1. The van der Waals surface area contributed by atoms with Crippen molar-refractivity contribution in [1.29, 1.82) is 0 Å². The normalized spacial score (nSPS) is 31.6. The second-order valence-electron chi connectivity index (χ2n) is 5.65. The van der Waals surface area contributed by atoms with Crippen LogP contribution in [-0.4, -0.2) is 34.8 Å². The lowest BCUT2D eigenvalue weighted by molar-refractivity contribution is -0.140. The number of likely N-dealkylation sites (tertiary alicyclic amines) is 1. The number of carbonyl (C=O) groups is 3. The number of rotatable bonds is 4. The van der Waals surface area contributed by atoms with Gasteiger partial charge >= 0.3 is 0 Å². The van der Waals surface area contributed by atoms with Gasteiger partial charge in [-0.2, -0.15) is 0 Å². The predicted octanol–water partition coefficient (Wildman–Crippen LogP) is 1.70. The van der Waals surface area contributed by atoms with E-state index >= 15 is 0 Å². The summed E-state index contributed by atoms with van der Waals surface area (Å²) in [5.74, 6) is 1.96. The van der Waals surface area contributed by atoms with Crippen LogP contribution in [0, 0.1) is 17.8 Å². The fraction of sp³-hybridized carbons (Fsp3) is 0.714. The first-order valence-electron chi connectivity index (χ1n) is 6.88. The summed E-state index contributed by atoms with van der Waals surface area (Å²) in [6, 6.07) is 0. The summed E-state index contributed by atoms with van der Waals surface area (Å²) in [5.41, 5.74) is 0. The topological polar surface area (TPSA) is 54.5 Å². The zero-order valence-corrected chi connectivity index (χ0v) is 12.2. The van der Waals surface area contributed by atoms with E-state index in [1.165, 1.54) is 4.90 Å². The van der Waals surface area contributed by atoms with Crippen LogP contribution in [0.3, 0.4) is 0 Å². The van der Waals surface area contributed by atoms with Gasteiger partial charge in [-0.25, -0.2) is 0 Å². The van der Waals surface area contributed by atoms with Gasteiger partial charge < -0.3 is 0 Å². The molecule has 1 atom stereocenters. The van der Waals surface area contributed by atoms with Crippen molar-refractivity contribution < 1.29 is 14.4 Å². The maximum atomic E-state index is 12.0. The summed E-state index contributed by atoms with van der Waals surface area (Å²) in [6.45, 7) is 2.17. The van der Waals surface area contributed by atoms with Gasteiger partial charge in [0.15, 0.2) is 0 Å². The van der Waals surface area contributed by atoms with Gasteiger partial charge in [-0.1, -0.05) is 5.80 Å². The summed E-state index contributed by atoms with van der Waals surface area (Å²) in [5, 5.41) is 0. The van der Waals surface area contributed by atoms with Gasteiger partial charge in [0.2, 0.25) is 11.8 Å². The lowest BCUT2D eigenvalue weighted by Gasteiger charge is -2.29. The highest BCUT2D eigenvalue weighted by atomic mass is 31.0. The Balaban J connectivity index is 1.89. The average Bonchev–Trinajstić information content (AvgIpc) is 2.67. The van der Waals surface area contributed by atoms with Crippen LogP contribution >= 0.6 is 8.86 Å². The minimum absolute atomic E-state index is 0.0711. The molecule has 4 nitrogen and oxygen atoms in total. The van der Waals surface area contributed by atoms with Crippen molar-refractivity contribution in [2.45, 2.75) is 39.0 Å². The molecule has 2 amide bonds. The Morgan fingerprint density at radius 1 is 1.32 bits per heavy atom. The van der Waals surface area contributed by atoms with Crippen LogP contribution in [0.5, 0.6) is 0 Å². The first-order valence-corrected chi connectivity index (χ1v) is 7.46. The number of amides is 2. The van der Waals surface area contributed by atoms with E-state index in [0.29, 0.717) is 12.5 Å². The quantitative estimate of drug-likeness (QED) is 0.582. The molecule has 2 fully saturated rings. The Labute approximate surface area is 115 Å². The van der Waals surface area contributed by atoms with E-state index in [-0.39, 0.29) is 35.9 Å². The van der Waals surface area contributed by atoms with Gasteiger partial charge in [0, 0.05) is 18.9 Å². The first-order chi connectivity index (χ1) is 9.02. The molecule has 2 aliphatic rings. The molecule has 1 saturated heterocycles. The third-order valence-corrected chi connectivity index (χ3v) is 4.74. The second kappa shape index (κ2) is 5.96. The van der Waals surface area contributed by atoms with Crippen LogP contribution in [0.1, 0.15) is 39.0 Å². The Bertz CT molecular complexity index is 413. The van der Waals surface area contributed by atoms with Gasteiger partial charge in [0.1, 0.15) is 5.78 Å². The van der Waals surface area contributed by atoms with Crippen LogP contribution in [-0.2, 0) is 14.4 Å². The molecular formula is C14H20NO3P. The van der Waals surface area contributed by atoms with Gasteiger partial charge in [0.05, 0.1) is 5.92 Å². The lowest BCUT2D eigenvalue weighted by Crippen LogP contribution is -2.37. The minimum Gasteiger partial charge on any atom is -0.300 e. The van der Waals surface area contributed by atoms with E-state index in [9.17, 15) is 14.4 Å². The zero-order chi connectivity index (χ0) is 14.0. The molecule has 0 N–H and O–H groups in total. The molecule has 5 heteroatoms. The number of hydrogen-bond donors (Lipinski definition) is 0. The second-order valence-corrected chi connectivity index (χ2v) is 5.98. The number of hydrogen-bond acceptors (Lipinski definition) is 3. The highest BCUT2D eigenvalue weighted by molar-refractivity contribution is 7.18. The van der Waals surface area contributed by atoms with Crippen LogP contribution in [0.25, 0.3) is 0 Å². The van der Waals surface area contributed by atoms with Crippen molar-refractivity contribution in [2.24, 2.45) is 17.8 Å². The zero-order valence-electron chi connectivity index (χ0n) is 11.2. The van der Waals surface area contributed by atoms with Crippen molar-refractivity contribution in [2.75, 3.05) is 6.54 Å². The molecule has 1 aliphatic carbocycles. The molecule has 104 valence electrons. The summed E-state index contributed by atoms with van der Waals surface area (Å²) in [7, 11) is 3.21. The molecule has 0 aromatic rings. The lowest BCUT2D eigenvalue weighted by atomic mass is 9.80. The average molecular weight is 281 g/mol. The van der Waals surface area contributed by atoms with E-state index in [0.717, 1.165) is 25.7 Å². The summed E-state index contributed by atoms with van der Waals surface area (Å²) < 4.78 is 0. The van der Waals surface area contributed by atoms with Gasteiger partial charge in [-0.3, -0.25) is 19.3 Å². The summed E-state index contributed by atoms with van der Waals surface area (Å²) >= 11 is 0. The molecule has 0 unspecified atom stereocenters. The van der Waals surface area contributed by atoms with Gasteiger partial charge in [0.25, 0.3) is 0 Å². The minimum atomic E-state index is -0.308.